The van der Waals surface area contributed by atoms with Gasteiger partial charge in [-0.1, -0.05) is 18.2 Å². The highest BCUT2D eigenvalue weighted by atomic mass is 19.1. The summed E-state index contributed by atoms with van der Waals surface area (Å²) >= 11 is 0. The summed E-state index contributed by atoms with van der Waals surface area (Å²) in [4.78, 5) is 0. The van der Waals surface area contributed by atoms with Crippen molar-refractivity contribution in [2.24, 2.45) is 0 Å². The summed E-state index contributed by atoms with van der Waals surface area (Å²) in [6, 6.07) is 8.47. The van der Waals surface area contributed by atoms with Crippen molar-refractivity contribution in [3.05, 3.63) is 87.2 Å². The predicted octanol–water partition coefficient (Wildman–Crippen LogP) is 4.40. The van der Waals surface area contributed by atoms with Gasteiger partial charge in [-0.25, -0.2) is 13.2 Å². The number of ether oxygens (including phenoxy) is 3. The summed E-state index contributed by atoms with van der Waals surface area (Å²) < 4.78 is 60.5. The summed E-state index contributed by atoms with van der Waals surface area (Å²) in [5, 5.41) is 12.4. The van der Waals surface area contributed by atoms with Crippen LogP contribution in [-0.4, -0.2) is 26.4 Å². The molecule has 3 aromatic rings. The first kappa shape index (κ1) is 19.8. The van der Waals surface area contributed by atoms with Gasteiger partial charge in [0.25, 0.3) is 0 Å². The third-order valence-corrected chi connectivity index (χ3v) is 6.64. The third kappa shape index (κ3) is 2.05. The molecule has 6 rings (SSSR count). The molecule has 0 spiro atoms. The molecule has 7 heteroatoms. The second-order valence-electron chi connectivity index (χ2n) is 7.84. The highest BCUT2D eigenvalue weighted by Crippen LogP contribution is 2.66. The Morgan fingerprint density at radius 1 is 0.613 bits per heavy atom. The number of halogens is 3. The van der Waals surface area contributed by atoms with Crippen molar-refractivity contribution in [2.45, 2.75) is 17.9 Å². The topological polar surface area (TPSA) is 47.9 Å². The number of benzene rings is 3. The molecule has 3 aliphatic carbocycles. The van der Waals surface area contributed by atoms with Gasteiger partial charge in [-0.05, 0) is 41.8 Å². The van der Waals surface area contributed by atoms with Gasteiger partial charge in [0.2, 0.25) is 0 Å². The third-order valence-electron chi connectivity index (χ3n) is 6.64. The van der Waals surface area contributed by atoms with Gasteiger partial charge in [0, 0.05) is 22.1 Å². The van der Waals surface area contributed by atoms with Crippen molar-refractivity contribution in [1.82, 2.24) is 0 Å². The first-order valence-corrected chi connectivity index (χ1v) is 9.61. The Hall–Kier alpha value is -3.19. The summed E-state index contributed by atoms with van der Waals surface area (Å²) in [6.45, 7) is 1.86. The van der Waals surface area contributed by atoms with Crippen molar-refractivity contribution < 1.29 is 32.5 Å². The fourth-order valence-corrected chi connectivity index (χ4v) is 5.41. The van der Waals surface area contributed by atoms with Gasteiger partial charge >= 0.3 is 0 Å². The average Bonchev–Trinajstić information content (AvgIpc) is 2.75. The smallest absolute Gasteiger partial charge is 0.165 e. The molecule has 0 saturated heterocycles. The van der Waals surface area contributed by atoms with Crippen LogP contribution in [-0.2, 0) is 11.0 Å². The lowest BCUT2D eigenvalue weighted by atomic mass is 9.51. The van der Waals surface area contributed by atoms with E-state index in [0.717, 1.165) is 0 Å². The van der Waals surface area contributed by atoms with Crippen LogP contribution in [0, 0.1) is 17.5 Å². The number of hydrogen-bond acceptors (Lipinski definition) is 4. The quantitative estimate of drug-likeness (QED) is 0.672. The van der Waals surface area contributed by atoms with Crippen LogP contribution in [0.5, 0.6) is 17.2 Å². The zero-order chi connectivity index (χ0) is 22.3. The molecule has 31 heavy (non-hydrogen) atoms. The molecule has 0 heterocycles. The van der Waals surface area contributed by atoms with Crippen molar-refractivity contribution >= 4 is 0 Å². The van der Waals surface area contributed by atoms with E-state index >= 15 is 0 Å². The number of methoxy groups -OCH3 is 3. The van der Waals surface area contributed by atoms with Crippen LogP contribution >= 0.6 is 0 Å². The second-order valence-corrected chi connectivity index (χ2v) is 7.84. The lowest BCUT2D eigenvalue weighted by Gasteiger charge is -2.53. The molecule has 3 aromatic carbocycles. The summed E-state index contributed by atoms with van der Waals surface area (Å²) in [5.41, 5.74) is -1.26. The van der Waals surface area contributed by atoms with E-state index in [4.69, 9.17) is 14.2 Å². The Balaban J connectivity index is 2.09. The molecule has 0 fully saturated rings. The number of aliphatic hydroxyl groups is 1. The average molecular weight is 428 g/mol. The van der Waals surface area contributed by atoms with Crippen molar-refractivity contribution in [1.29, 1.82) is 0 Å². The molecule has 1 N–H and O–H groups in total. The van der Waals surface area contributed by atoms with Gasteiger partial charge in [-0.2, -0.15) is 0 Å². The zero-order valence-corrected chi connectivity index (χ0v) is 17.3. The first-order chi connectivity index (χ1) is 14.8. The van der Waals surface area contributed by atoms with Crippen LogP contribution in [0.15, 0.2) is 36.4 Å². The first-order valence-electron chi connectivity index (χ1n) is 9.61. The van der Waals surface area contributed by atoms with Crippen LogP contribution < -0.4 is 14.2 Å². The van der Waals surface area contributed by atoms with Gasteiger partial charge in [0.05, 0.1) is 21.3 Å². The van der Waals surface area contributed by atoms with Crippen LogP contribution in [0.3, 0.4) is 0 Å². The SMILES string of the molecule is COc1c(F)ccc2c1C1(O)c3c(ccc(F)c3OC)C2(C)c2ccc(F)c(OC)c21. The molecular weight excluding hydrogens is 409 g/mol. The monoisotopic (exact) mass is 428 g/mol. The summed E-state index contributed by atoms with van der Waals surface area (Å²) in [7, 11) is 3.83. The van der Waals surface area contributed by atoms with Gasteiger partial charge in [-0.3, -0.25) is 0 Å². The molecule has 160 valence electrons. The Kier molecular flexibility index (Phi) is 3.93. The largest absolute Gasteiger partial charge is 0.493 e. The van der Waals surface area contributed by atoms with Crippen molar-refractivity contribution in [3.8, 4) is 17.2 Å². The molecule has 2 bridgehead atoms. The highest BCUT2D eigenvalue weighted by molar-refractivity contribution is 5.79. The molecule has 0 amide bonds. The van der Waals surface area contributed by atoms with E-state index in [-0.39, 0.29) is 33.9 Å². The number of rotatable bonds is 3. The maximum atomic E-state index is 14.8. The molecule has 3 aliphatic rings. The van der Waals surface area contributed by atoms with E-state index in [9.17, 15) is 18.3 Å². The van der Waals surface area contributed by atoms with E-state index in [2.05, 4.69) is 0 Å². The molecule has 0 unspecified atom stereocenters. The summed E-state index contributed by atoms with van der Waals surface area (Å²) in [5.74, 6) is -2.75. The Morgan fingerprint density at radius 2 is 0.903 bits per heavy atom. The van der Waals surface area contributed by atoms with Gasteiger partial charge < -0.3 is 19.3 Å². The molecule has 0 aromatic heterocycles. The maximum absolute atomic E-state index is 14.8. The molecule has 0 saturated carbocycles. The number of hydrogen-bond donors (Lipinski definition) is 1. The van der Waals surface area contributed by atoms with Crippen LogP contribution in [0.4, 0.5) is 13.2 Å². The summed E-state index contributed by atoms with van der Waals surface area (Å²) in [6.07, 6.45) is 0. The van der Waals surface area contributed by atoms with Gasteiger partial charge in [0.1, 0.15) is 0 Å². The van der Waals surface area contributed by atoms with E-state index in [1.54, 1.807) is 18.2 Å². The minimum Gasteiger partial charge on any atom is -0.493 e. The van der Waals surface area contributed by atoms with E-state index in [0.29, 0.717) is 16.7 Å². The highest BCUT2D eigenvalue weighted by Gasteiger charge is 2.61. The molecule has 0 atom stereocenters. The van der Waals surface area contributed by atoms with Gasteiger partial charge in [-0.15, -0.1) is 0 Å². The normalized spacial score (nSPS) is 22.5. The molecule has 4 nitrogen and oxygen atoms in total. The standard InChI is InChI=1S/C24H19F3O4/c1-23-11-5-8-14(25)20(29-2)17(11)24(28,18-12(23)6-9-15(26)21(18)30-3)19-13(23)7-10-16(27)22(19)31-4/h5-10,28H,1-4H3. The Bertz CT molecular complexity index is 1120. The lowest BCUT2D eigenvalue weighted by Crippen LogP contribution is -2.50. The minimum absolute atomic E-state index is 0.0744. The fourth-order valence-electron chi connectivity index (χ4n) is 5.41. The zero-order valence-electron chi connectivity index (χ0n) is 17.3. The van der Waals surface area contributed by atoms with Crippen LogP contribution in [0.2, 0.25) is 0 Å². The molecular formula is C24H19F3O4. The van der Waals surface area contributed by atoms with E-state index in [1.807, 2.05) is 6.92 Å². The predicted molar refractivity (Wildman–Crippen MR) is 107 cm³/mol. The lowest BCUT2D eigenvalue weighted by molar-refractivity contribution is 0.0945. The maximum Gasteiger partial charge on any atom is 0.165 e. The molecule has 0 radical (unpaired) electrons. The Labute approximate surface area is 176 Å². The van der Waals surface area contributed by atoms with Crippen LogP contribution in [0.25, 0.3) is 0 Å². The van der Waals surface area contributed by atoms with Crippen molar-refractivity contribution in [3.63, 3.8) is 0 Å². The van der Waals surface area contributed by atoms with E-state index in [1.165, 1.54) is 39.5 Å². The second kappa shape index (κ2) is 6.17. The van der Waals surface area contributed by atoms with Crippen molar-refractivity contribution in [2.75, 3.05) is 21.3 Å². The fraction of sp³-hybridized carbons (Fsp3) is 0.250. The molecule has 0 aliphatic heterocycles. The van der Waals surface area contributed by atoms with Crippen LogP contribution in [0.1, 0.15) is 40.3 Å². The minimum atomic E-state index is -2.19. The van der Waals surface area contributed by atoms with Gasteiger partial charge in [0.15, 0.2) is 40.3 Å². The van der Waals surface area contributed by atoms with E-state index < -0.39 is 28.5 Å². The Morgan fingerprint density at radius 3 is 1.16 bits per heavy atom.